The predicted octanol–water partition coefficient (Wildman–Crippen LogP) is 1.90. The molecule has 0 aromatic carbocycles. The van der Waals surface area contributed by atoms with Gasteiger partial charge >= 0.3 is 0 Å². The van der Waals surface area contributed by atoms with Crippen molar-refractivity contribution >= 4 is 0 Å². The monoisotopic (exact) mass is 215 g/mol. The molecule has 0 amide bonds. The third-order valence-electron chi connectivity index (χ3n) is 0. The second kappa shape index (κ2) is 172. The van der Waals surface area contributed by atoms with Crippen LogP contribution in [0.5, 0.6) is 0 Å². The number of rotatable bonds is 0. The van der Waals surface area contributed by atoms with Crippen molar-refractivity contribution in [3.8, 4) is 0 Å². The molecule has 0 saturated carbocycles. The molecular formula is C4H20CoN4O2-4. The first kappa shape index (κ1) is 65.2. The Labute approximate surface area is 79.1 Å². The molecule has 0 heterocycles. The zero-order valence-corrected chi connectivity index (χ0v) is 7.94. The molecule has 10 N–H and O–H groups in total. The molecule has 1 radical (unpaired) electrons. The van der Waals surface area contributed by atoms with Gasteiger partial charge in [-0.25, -0.2) is 0 Å². The Kier molecular flexibility index (Phi) is 1020. The Morgan fingerprint density at radius 2 is 0.818 bits per heavy atom. The molecule has 7 heteroatoms. The minimum atomic E-state index is 0. The van der Waals surface area contributed by atoms with Crippen molar-refractivity contribution in [1.82, 2.24) is 0 Å². The first-order valence-corrected chi connectivity index (χ1v) is 2.12. The molecule has 11 heavy (non-hydrogen) atoms. The fraction of sp³-hybridized carbons (Fsp3) is 1.00. The van der Waals surface area contributed by atoms with Gasteiger partial charge in [0.05, 0.1) is 0 Å². The van der Waals surface area contributed by atoms with Crippen LogP contribution in [0.3, 0.4) is 0 Å². The van der Waals surface area contributed by atoms with E-state index in [9.17, 15) is 0 Å². The molecule has 0 aliphatic carbocycles. The fourth-order valence-corrected chi connectivity index (χ4v) is 0. The van der Waals surface area contributed by atoms with Gasteiger partial charge in [-0.3, -0.25) is 0 Å². The molecule has 0 aliphatic heterocycles. The molecule has 0 aromatic heterocycles. The van der Waals surface area contributed by atoms with E-state index in [-0.39, 0.29) is 40.0 Å². The Morgan fingerprint density at radius 3 is 0.818 bits per heavy atom. The van der Waals surface area contributed by atoms with Crippen LogP contribution in [0.2, 0.25) is 0 Å². The Morgan fingerprint density at radius 1 is 0.818 bits per heavy atom. The predicted molar refractivity (Wildman–Crippen MR) is 47.5 cm³/mol. The van der Waals surface area contributed by atoms with Gasteiger partial charge in [0.1, 0.15) is 0 Å². The standard InChI is InChI=1S/2C2H6N.Co.2H2N.2H2O/c2*1-2-3;;;;;/h2*3H,2H2,1H3;;4*1H2/q2*-1;;2*-1;;. The van der Waals surface area contributed by atoms with Gasteiger partial charge in [-0.2, -0.15) is 13.1 Å². The van der Waals surface area contributed by atoms with Crippen molar-refractivity contribution in [2.24, 2.45) is 0 Å². The number of nitrogens with two attached hydrogens (primary N) is 2. The summed E-state index contributed by atoms with van der Waals surface area (Å²) in [6.45, 7) is 4.58. The molecule has 81 valence electrons. The van der Waals surface area contributed by atoms with Gasteiger partial charge in [0.15, 0.2) is 0 Å². The van der Waals surface area contributed by atoms with Crippen LogP contribution in [0, 0.1) is 0 Å². The molecule has 0 fully saturated rings. The molecule has 0 saturated heterocycles. The molecular weight excluding hydrogens is 195 g/mol. The van der Waals surface area contributed by atoms with E-state index in [0.29, 0.717) is 13.1 Å². The van der Waals surface area contributed by atoms with E-state index in [1.165, 1.54) is 0 Å². The molecule has 6 nitrogen and oxygen atoms in total. The van der Waals surface area contributed by atoms with E-state index in [1.54, 1.807) is 13.8 Å². The Bertz CT molecular complexity index is 22.1. The first-order valence-electron chi connectivity index (χ1n) is 2.12. The van der Waals surface area contributed by atoms with Crippen LogP contribution in [-0.2, 0) is 16.8 Å². The molecule has 0 aromatic rings. The van der Waals surface area contributed by atoms with Crippen molar-refractivity contribution in [2.45, 2.75) is 13.8 Å². The molecule has 0 atom stereocenters. The average molecular weight is 215 g/mol. The summed E-state index contributed by atoms with van der Waals surface area (Å²) in [6, 6.07) is 0. The van der Waals surface area contributed by atoms with Gasteiger partial charge in [-0.05, 0) is 0 Å². The zero-order valence-electron chi connectivity index (χ0n) is 6.90. The summed E-state index contributed by atoms with van der Waals surface area (Å²) in [6.07, 6.45) is 0. The van der Waals surface area contributed by atoms with Crippen LogP contribution in [-0.4, -0.2) is 24.0 Å². The van der Waals surface area contributed by atoms with Gasteiger partial charge in [-0.15, -0.1) is 0 Å². The maximum atomic E-state index is 6.21. The molecule has 0 bridgehead atoms. The SMILES string of the molecule is CC[NH-].CC[NH-].O.O.[Co].[NH2-].[NH2-]. The Balaban J connectivity index is -0.00000000400. The summed E-state index contributed by atoms with van der Waals surface area (Å²) in [5.41, 5.74) is 12.4. The van der Waals surface area contributed by atoms with Gasteiger partial charge < -0.3 is 34.7 Å². The maximum Gasteiger partial charge on any atom is 0 e. The minimum absolute atomic E-state index is 0. The van der Waals surface area contributed by atoms with Crippen molar-refractivity contribution in [2.75, 3.05) is 13.1 Å². The number of hydrogen-bond acceptors (Lipinski definition) is 0. The largest absolute Gasteiger partial charge is 0.693 e. The van der Waals surface area contributed by atoms with E-state index in [4.69, 9.17) is 11.5 Å². The Hall–Kier alpha value is 0.266. The molecule has 0 unspecified atom stereocenters. The summed E-state index contributed by atoms with van der Waals surface area (Å²) in [5, 5.41) is 0. The van der Waals surface area contributed by atoms with Gasteiger partial charge in [0.2, 0.25) is 0 Å². The van der Waals surface area contributed by atoms with Crippen molar-refractivity contribution in [3.05, 3.63) is 23.8 Å². The second-order valence-corrected chi connectivity index (χ2v) is 0.707. The average Bonchev–Trinajstić information content (AvgIpc) is 1.39. The summed E-state index contributed by atoms with van der Waals surface area (Å²) >= 11 is 0. The van der Waals surface area contributed by atoms with Gasteiger partial charge in [0, 0.05) is 16.8 Å². The number of hydrogen-bond donors (Lipinski definition) is 0. The summed E-state index contributed by atoms with van der Waals surface area (Å²) < 4.78 is 0. The molecule has 0 aliphatic rings. The zero-order chi connectivity index (χ0) is 5.41. The van der Waals surface area contributed by atoms with E-state index >= 15 is 0 Å². The number of nitrogens with one attached hydrogen (secondary N) is 2. The summed E-state index contributed by atoms with van der Waals surface area (Å²) in [4.78, 5) is 0. The van der Waals surface area contributed by atoms with E-state index in [2.05, 4.69) is 0 Å². The third kappa shape index (κ3) is 9880. The van der Waals surface area contributed by atoms with Crippen molar-refractivity contribution in [3.63, 3.8) is 0 Å². The summed E-state index contributed by atoms with van der Waals surface area (Å²) in [7, 11) is 0. The van der Waals surface area contributed by atoms with Crippen LogP contribution in [0.25, 0.3) is 23.8 Å². The fourth-order valence-electron chi connectivity index (χ4n) is 0. The van der Waals surface area contributed by atoms with E-state index < -0.39 is 0 Å². The van der Waals surface area contributed by atoms with E-state index in [0.717, 1.165) is 0 Å². The van der Waals surface area contributed by atoms with Crippen molar-refractivity contribution < 1.29 is 27.7 Å². The second-order valence-electron chi connectivity index (χ2n) is 0.707. The topological polar surface area (TPSA) is 178 Å². The van der Waals surface area contributed by atoms with Crippen LogP contribution in [0.15, 0.2) is 0 Å². The van der Waals surface area contributed by atoms with Crippen LogP contribution >= 0.6 is 0 Å². The summed E-state index contributed by atoms with van der Waals surface area (Å²) in [5.74, 6) is 0. The molecule has 0 spiro atoms. The van der Waals surface area contributed by atoms with Crippen LogP contribution in [0.4, 0.5) is 0 Å². The first-order chi connectivity index (χ1) is 2.83. The van der Waals surface area contributed by atoms with Crippen LogP contribution in [0.1, 0.15) is 13.8 Å². The smallest absolute Gasteiger partial charge is 0 e. The van der Waals surface area contributed by atoms with Crippen LogP contribution < -0.4 is 0 Å². The normalized spacial score (nSPS) is 3.27. The molecule has 0 rings (SSSR count). The van der Waals surface area contributed by atoms with Gasteiger partial charge in [0.25, 0.3) is 0 Å². The van der Waals surface area contributed by atoms with Crippen molar-refractivity contribution in [1.29, 1.82) is 0 Å². The maximum absolute atomic E-state index is 6.21. The van der Waals surface area contributed by atoms with Gasteiger partial charge in [-0.1, -0.05) is 13.8 Å². The quantitative estimate of drug-likeness (QED) is 0.573. The minimum Gasteiger partial charge on any atom is -0.693 e. The third-order valence-corrected chi connectivity index (χ3v) is 0. The van der Waals surface area contributed by atoms with E-state index in [1.807, 2.05) is 0 Å².